The summed E-state index contributed by atoms with van der Waals surface area (Å²) in [4.78, 5) is 14.3. The summed E-state index contributed by atoms with van der Waals surface area (Å²) < 4.78 is 0. The summed E-state index contributed by atoms with van der Waals surface area (Å²) in [5, 5.41) is 0. The molecular formula is C15H22N2O. The van der Waals surface area contributed by atoms with E-state index in [4.69, 9.17) is 5.73 Å². The highest BCUT2D eigenvalue weighted by Crippen LogP contribution is 2.26. The first-order chi connectivity index (χ1) is 8.50. The molecule has 0 aromatic heterocycles. The van der Waals surface area contributed by atoms with Gasteiger partial charge in [0.25, 0.3) is 0 Å². The van der Waals surface area contributed by atoms with Crippen molar-refractivity contribution in [1.29, 1.82) is 0 Å². The van der Waals surface area contributed by atoms with Crippen molar-refractivity contribution >= 4 is 5.91 Å². The number of rotatable bonds is 2. The normalized spacial score (nSPS) is 25.2. The molecule has 1 aromatic rings. The van der Waals surface area contributed by atoms with Crippen LogP contribution in [0.2, 0.25) is 0 Å². The Balaban J connectivity index is 2.11. The molecule has 0 saturated carbocycles. The Morgan fingerprint density at radius 2 is 1.94 bits per heavy atom. The maximum atomic E-state index is 12.4. The van der Waals surface area contributed by atoms with Gasteiger partial charge in [0, 0.05) is 12.6 Å². The molecule has 3 atom stereocenters. The third kappa shape index (κ3) is 2.41. The first-order valence-corrected chi connectivity index (χ1v) is 6.63. The van der Waals surface area contributed by atoms with Crippen LogP contribution >= 0.6 is 0 Å². The fourth-order valence-corrected chi connectivity index (χ4v) is 2.50. The first-order valence-electron chi connectivity index (χ1n) is 6.63. The molecule has 1 aliphatic rings. The topological polar surface area (TPSA) is 46.3 Å². The van der Waals surface area contributed by atoms with Crippen molar-refractivity contribution in [3.63, 3.8) is 0 Å². The second-order valence-corrected chi connectivity index (χ2v) is 5.43. The fourth-order valence-electron chi connectivity index (χ4n) is 2.50. The first kappa shape index (κ1) is 13.1. The van der Waals surface area contributed by atoms with E-state index in [0.29, 0.717) is 12.0 Å². The summed E-state index contributed by atoms with van der Waals surface area (Å²) in [6.07, 6.45) is 1.08. The van der Waals surface area contributed by atoms with Crippen LogP contribution in [0, 0.1) is 12.8 Å². The van der Waals surface area contributed by atoms with E-state index in [-0.39, 0.29) is 5.91 Å². The number of carbonyl (C=O) groups excluding carboxylic acids is 1. The molecule has 18 heavy (non-hydrogen) atoms. The lowest BCUT2D eigenvalue weighted by Crippen LogP contribution is -2.41. The van der Waals surface area contributed by atoms with Crippen molar-refractivity contribution in [3.05, 3.63) is 35.4 Å². The van der Waals surface area contributed by atoms with Gasteiger partial charge in [0.1, 0.15) is 6.04 Å². The number of nitrogens with two attached hydrogens (primary N) is 1. The fraction of sp³-hybridized carbons (Fsp3) is 0.533. The van der Waals surface area contributed by atoms with E-state index < -0.39 is 6.04 Å². The second kappa shape index (κ2) is 5.11. The van der Waals surface area contributed by atoms with E-state index in [1.54, 1.807) is 0 Å². The van der Waals surface area contributed by atoms with Crippen molar-refractivity contribution in [1.82, 2.24) is 4.90 Å². The van der Waals surface area contributed by atoms with Crippen LogP contribution in [0.5, 0.6) is 0 Å². The van der Waals surface area contributed by atoms with Crippen LogP contribution in [0.25, 0.3) is 0 Å². The highest BCUT2D eigenvalue weighted by Gasteiger charge is 2.33. The van der Waals surface area contributed by atoms with Gasteiger partial charge in [-0.25, -0.2) is 0 Å². The van der Waals surface area contributed by atoms with E-state index in [2.05, 4.69) is 13.8 Å². The second-order valence-electron chi connectivity index (χ2n) is 5.43. The van der Waals surface area contributed by atoms with Crippen molar-refractivity contribution in [2.24, 2.45) is 11.7 Å². The summed E-state index contributed by atoms with van der Waals surface area (Å²) in [7, 11) is 0. The summed E-state index contributed by atoms with van der Waals surface area (Å²) >= 11 is 0. The van der Waals surface area contributed by atoms with Crippen LogP contribution in [0.4, 0.5) is 0 Å². The molecule has 3 heteroatoms. The van der Waals surface area contributed by atoms with E-state index in [1.165, 1.54) is 5.56 Å². The quantitative estimate of drug-likeness (QED) is 0.870. The van der Waals surface area contributed by atoms with E-state index in [0.717, 1.165) is 18.5 Å². The number of hydrogen-bond donors (Lipinski definition) is 1. The van der Waals surface area contributed by atoms with Crippen LogP contribution < -0.4 is 5.73 Å². The Labute approximate surface area is 109 Å². The van der Waals surface area contributed by atoms with Crippen molar-refractivity contribution in [3.8, 4) is 0 Å². The summed E-state index contributed by atoms with van der Waals surface area (Å²) in [6.45, 7) is 7.16. The Morgan fingerprint density at radius 1 is 1.33 bits per heavy atom. The Bertz CT molecular complexity index is 427. The zero-order chi connectivity index (χ0) is 13.3. The third-order valence-corrected chi connectivity index (χ3v) is 4.13. The standard InChI is InChI=1S/C15H22N2O/c1-10-4-6-13(7-5-10)14(16)15(18)17-9-8-11(2)12(17)3/h4-7,11-12,14H,8-9,16H2,1-3H3. The van der Waals surface area contributed by atoms with Crippen LogP contribution in [0.15, 0.2) is 24.3 Å². The van der Waals surface area contributed by atoms with E-state index in [9.17, 15) is 4.79 Å². The molecule has 1 fully saturated rings. The smallest absolute Gasteiger partial charge is 0.244 e. The van der Waals surface area contributed by atoms with E-state index in [1.807, 2.05) is 36.1 Å². The molecule has 0 bridgehead atoms. The van der Waals surface area contributed by atoms with Gasteiger partial charge in [-0.2, -0.15) is 0 Å². The Hall–Kier alpha value is -1.35. The van der Waals surface area contributed by atoms with Gasteiger partial charge in [0.2, 0.25) is 5.91 Å². The van der Waals surface area contributed by atoms with E-state index >= 15 is 0 Å². The van der Waals surface area contributed by atoms with Gasteiger partial charge >= 0.3 is 0 Å². The monoisotopic (exact) mass is 246 g/mol. The molecule has 1 aromatic carbocycles. The van der Waals surface area contributed by atoms with Gasteiger partial charge in [-0.3, -0.25) is 4.79 Å². The third-order valence-electron chi connectivity index (χ3n) is 4.13. The molecule has 98 valence electrons. The van der Waals surface area contributed by atoms with Gasteiger partial charge in [0.15, 0.2) is 0 Å². The number of aryl methyl sites for hydroxylation is 1. The van der Waals surface area contributed by atoms with Crippen LogP contribution in [0.1, 0.15) is 37.4 Å². The van der Waals surface area contributed by atoms with Gasteiger partial charge in [0.05, 0.1) is 0 Å². The number of hydrogen-bond acceptors (Lipinski definition) is 2. The molecule has 0 spiro atoms. The number of carbonyl (C=O) groups is 1. The SMILES string of the molecule is Cc1ccc(C(N)C(=O)N2CCC(C)C2C)cc1. The minimum absolute atomic E-state index is 0.0516. The lowest BCUT2D eigenvalue weighted by atomic mass is 10.0. The van der Waals surface area contributed by atoms with Crippen molar-refractivity contribution in [2.75, 3.05) is 6.54 Å². The van der Waals surface area contributed by atoms with Crippen LogP contribution in [0.3, 0.4) is 0 Å². The van der Waals surface area contributed by atoms with Gasteiger partial charge < -0.3 is 10.6 Å². The zero-order valence-corrected chi connectivity index (χ0v) is 11.4. The molecular weight excluding hydrogens is 224 g/mol. The number of likely N-dealkylation sites (tertiary alicyclic amines) is 1. The summed E-state index contributed by atoms with van der Waals surface area (Å²) in [6, 6.07) is 7.66. The summed E-state index contributed by atoms with van der Waals surface area (Å²) in [5.74, 6) is 0.620. The molecule has 3 unspecified atom stereocenters. The molecule has 1 aliphatic heterocycles. The molecule has 2 N–H and O–H groups in total. The minimum Gasteiger partial charge on any atom is -0.338 e. The largest absolute Gasteiger partial charge is 0.338 e. The zero-order valence-electron chi connectivity index (χ0n) is 11.4. The molecule has 1 heterocycles. The number of amides is 1. The summed E-state index contributed by atoms with van der Waals surface area (Å²) in [5.41, 5.74) is 8.17. The molecule has 0 aliphatic carbocycles. The van der Waals surface area contributed by atoms with Crippen molar-refractivity contribution < 1.29 is 4.79 Å². The molecule has 1 amide bonds. The molecule has 1 saturated heterocycles. The highest BCUT2D eigenvalue weighted by atomic mass is 16.2. The predicted octanol–water partition coefficient (Wildman–Crippen LogP) is 2.25. The highest BCUT2D eigenvalue weighted by molar-refractivity contribution is 5.83. The molecule has 3 nitrogen and oxygen atoms in total. The Morgan fingerprint density at radius 3 is 2.44 bits per heavy atom. The predicted molar refractivity (Wildman–Crippen MR) is 73.1 cm³/mol. The lowest BCUT2D eigenvalue weighted by molar-refractivity contribution is -0.133. The van der Waals surface area contributed by atoms with Crippen LogP contribution in [-0.2, 0) is 4.79 Å². The Kier molecular flexibility index (Phi) is 3.71. The van der Waals surface area contributed by atoms with Gasteiger partial charge in [-0.15, -0.1) is 0 Å². The number of nitrogens with zero attached hydrogens (tertiary/aromatic N) is 1. The average molecular weight is 246 g/mol. The van der Waals surface area contributed by atoms with Crippen molar-refractivity contribution in [2.45, 2.75) is 39.3 Å². The maximum Gasteiger partial charge on any atom is 0.244 e. The maximum absolute atomic E-state index is 12.4. The van der Waals surface area contributed by atoms with Gasteiger partial charge in [-0.1, -0.05) is 36.8 Å². The lowest BCUT2D eigenvalue weighted by Gasteiger charge is -2.26. The minimum atomic E-state index is -0.529. The molecule has 0 radical (unpaired) electrons. The van der Waals surface area contributed by atoms with Crippen LogP contribution in [-0.4, -0.2) is 23.4 Å². The number of benzene rings is 1. The average Bonchev–Trinajstić information content (AvgIpc) is 2.69. The van der Waals surface area contributed by atoms with Gasteiger partial charge in [-0.05, 0) is 31.7 Å². The molecule has 2 rings (SSSR count).